The Kier molecular flexibility index (Phi) is 6.05. The van der Waals surface area contributed by atoms with E-state index in [0.29, 0.717) is 0 Å². The number of primary amides is 1. The highest BCUT2D eigenvalue weighted by molar-refractivity contribution is 7.98. The lowest BCUT2D eigenvalue weighted by Gasteiger charge is -2.17. The smallest absolute Gasteiger partial charge is 0.312 e. The lowest BCUT2D eigenvalue weighted by molar-refractivity contribution is -0.116. The van der Waals surface area contributed by atoms with Crippen LogP contribution >= 0.6 is 11.8 Å². The molecule has 0 saturated carbocycles. The standard InChI is InChI=1S/C17H19N3O2S/c1-23-14-9-7-13(8-10-14)19-16(21)11-15(20-17(18)22)12-5-3-2-4-6-12/h2-10,15H,11H2,1H3,(H,19,21)(H3,18,20,22). The van der Waals surface area contributed by atoms with E-state index in [4.69, 9.17) is 5.73 Å². The van der Waals surface area contributed by atoms with Crippen LogP contribution in [0, 0.1) is 0 Å². The summed E-state index contributed by atoms with van der Waals surface area (Å²) in [5.74, 6) is -0.190. The third kappa shape index (κ3) is 5.34. The highest BCUT2D eigenvalue weighted by Gasteiger charge is 2.17. The molecule has 120 valence electrons. The molecule has 2 rings (SSSR count). The van der Waals surface area contributed by atoms with E-state index in [1.165, 1.54) is 0 Å². The maximum absolute atomic E-state index is 12.2. The SMILES string of the molecule is CSc1ccc(NC(=O)CC(NC(N)=O)c2ccccc2)cc1. The van der Waals surface area contributed by atoms with Crippen molar-refractivity contribution in [2.75, 3.05) is 11.6 Å². The summed E-state index contributed by atoms with van der Waals surface area (Å²) in [4.78, 5) is 24.5. The Morgan fingerprint density at radius 2 is 1.74 bits per heavy atom. The molecule has 1 unspecified atom stereocenters. The predicted molar refractivity (Wildman–Crippen MR) is 93.4 cm³/mol. The molecule has 5 nitrogen and oxygen atoms in total. The predicted octanol–water partition coefficient (Wildman–Crippen LogP) is 3.15. The zero-order valence-corrected chi connectivity index (χ0v) is 13.6. The molecular weight excluding hydrogens is 310 g/mol. The van der Waals surface area contributed by atoms with E-state index < -0.39 is 12.1 Å². The lowest BCUT2D eigenvalue weighted by Crippen LogP contribution is -2.35. The first kappa shape index (κ1) is 16.9. The number of rotatable bonds is 6. The normalized spacial score (nSPS) is 11.5. The van der Waals surface area contributed by atoms with Crippen molar-refractivity contribution in [1.29, 1.82) is 0 Å². The average molecular weight is 329 g/mol. The summed E-state index contributed by atoms with van der Waals surface area (Å²) >= 11 is 1.64. The molecule has 0 saturated heterocycles. The summed E-state index contributed by atoms with van der Waals surface area (Å²) in [5.41, 5.74) is 6.76. The number of nitrogens with one attached hydrogen (secondary N) is 2. The quantitative estimate of drug-likeness (QED) is 0.712. The molecule has 1 atom stereocenters. The summed E-state index contributed by atoms with van der Waals surface area (Å²) < 4.78 is 0. The van der Waals surface area contributed by atoms with E-state index in [-0.39, 0.29) is 12.3 Å². The van der Waals surface area contributed by atoms with Crippen molar-refractivity contribution >= 4 is 29.4 Å². The maximum atomic E-state index is 12.2. The largest absolute Gasteiger partial charge is 0.352 e. The van der Waals surface area contributed by atoms with E-state index in [1.54, 1.807) is 11.8 Å². The molecule has 2 aromatic rings. The van der Waals surface area contributed by atoms with E-state index >= 15 is 0 Å². The number of carbonyl (C=O) groups is 2. The number of nitrogens with two attached hydrogens (primary N) is 1. The highest BCUT2D eigenvalue weighted by atomic mass is 32.2. The van der Waals surface area contributed by atoms with Crippen LogP contribution in [0.4, 0.5) is 10.5 Å². The van der Waals surface area contributed by atoms with Crippen LogP contribution in [0.1, 0.15) is 18.0 Å². The molecule has 3 amide bonds. The third-order valence-corrected chi connectivity index (χ3v) is 4.03. The van der Waals surface area contributed by atoms with E-state index in [9.17, 15) is 9.59 Å². The van der Waals surface area contributed by atoms with Crippen LogP contribution in [0.25, 0.3) is 0 Å². The number of hydrogen-bond donors (Lipinski definition) is 3. The zero-order valence-electron chi connectivity index (χ0n) is 12.8. The number of hydrogen-bond acceptors (Lipinski definition) is 3. The number of benzene rings is 2. The van der Waals surface area contributed by atoms with Crippen molar-refractivity contribution in [3.63, 3.8) is 0 Å². The van der Waals surface area contributed by atoms with Gasteiger partial charge in [-0.1, -0.05) is 30.3 Å². The second-order valence-corrected chi connectivity index (χ2v) is 5.83. The topological polar surface area (TPSA) is 84.2 Å². The number of urea groups is 1. The van der Waals surface area contributed by atoms with Crippen LogP contribution in [-0.2, 0) is 4.79 Å². The number of thioether (sulfide) groups is 1. The minimum Gasteiger partial charge on any atom is -0.352 e. The van der Waals surface area contributed by atoms with Crippen molar-refractivity contribution in [3.05, 3.63) is 60.2 Å². The Morgan fingerprint density at radius 1 is 1.09 bits per heavy atom. The second kappa shape index (κ2) is 8.24. The van der Waals surface area contributed by atoms with Crippen LogP contribution in [-0.4, -0.2) is 18.2 Å². The summed E-state index contributed by atoms with van der Waals surface area (Å²) in [5, 5.41) is 5.43. The fraction of sp³-hybridized carbons (Fsp3) is 0.176. The van der Waals surface area contributed by atoms with Crippen LogP contribution in [0.15, 0.2) is 59.5 Å². The van der Waals surface area contributed by atoms with E-state index in [1.807, 2.05) is 60.9 Å². The Balaban J connectivity index is 2.03. The van der Waals surface area contributed by atoms with Gasteiger partial charge in [0.1, 0.15) is 0 Å². The number of anilines is 1. The molecule has 2 aromatic carbocycles. The minimum absolute atomic E-state index is 0.108. The van der Waals surface area contributed by atoms with Gasteiger partial charge in [-0.25, -0.2) is 4.79 Å². The molecule has 0 spiro atoms. The van der Waals surface area contributed by atoms with E-state index in [2.05, 4.69) is 10.6 Å². The minimum atomic E-state index is -0.657. The fourth-order valence-corrected chi connectivity index (χ4v) is 2.59. The van der Waals surface area contributed by atoms with Gasteiger partial charge in [0, 0.05) is 10.6 Å². The van der Waals surface area contributed by atoms with Crippen molar-refractivity contribution in [2.24, 2.45) is 5.73 Å². The summed E-state index contributed by atoms with van der Waals surface area (Å²) in [7, 11) is 0. The van der Waals surface area contributed by atoms with Crippen LogP contribution in [0.3, 0.4) is 0 Å². The Labute approximate surface area is 139 Å². The van der Waals surface area contributed by atoms with Gasteiger partial charge >= 0.3 is 6.03 Å². The highest BCUT2D eigenvalue weighted by Crippen LogP contribution is 2.20. The maximum Gasteiger partial charge on any atom is 0.312 e. The first-order valence-electron chi connectivity index (χ1n) is 7.13. The zero-order chi connectivity index (χ0) is 16.7. The van der Waals surface area contributed by atoms with Crippen molar-refractivity contribution < 1.29 is 9.59 Å². The number of carbonyl (C=O) groups excluding carboxylic acids is 2. The average Bonchev–Trinajstić information content (AvgIpc) is 2.55. The van der Waals surface area contributed by atoms with Crippen LogP contribution in [0.2, 0.25) is 0 Å². The lowest BCUT2D eigenvalue weighted by atomic mass is 10.0. The first-order valence-corrected chi connectivity index (χ1v) is 8.36. The van der Waals surface area contributed by atoms with Gasteiger partial charge in [-0.3, -0.25) is 4.79 Å². The van der Waals surface area contributed by atoms with Gasteiger partial charge in [-0.05, 0) is 36.1 Å². The summed E-state index contributed by atoms with van der Waals surface area (Å²) in [6.45, 7) is 0. The Hall–Kier alpha value is -2.47. The summed E-state index contributed by atoms with van der Waals surface area (Å²) in [6, 6.07) is 15.7. The van der Waals surface area contributed by atoms with Crippen molar-refractivity contribution in [3.8, 4) is 0 Å². The summed E-state index contributed by atoms with van der Waals surface area (Å²) in [6.07, 6.45) is 2.10. The van der Waals surface area contributed by atoms with Gasteiger partial charge in [-0.15, -0.1) is 11.8 Å². The van der Waals surface area contributed by atoms with Crippen LogP contribution < -0.4 is 16.4 Å². The van der Waals surface area contributed by atoms with Crippen molar-refractivity contribution in [2.45, 2.75) is 17.4 Å². The molecule has 0 aliphatic heterocycles. The van der Waals surface area contributed by atoms with Gasteiger partial charge in [0.05, 0.1) is 12.5 Å². The fourth-order valence-electron chi connectivity index (χ4n) is 2.18. The van der Waals surface area contributed by atoms with Crippen LogP contribution in [0.5, 0.6) is 0 Å². The molecule has 6 heteroatoms. The molecule has 0 aromatic heterocycles. The van der Waals surface area contributed by atoms with Gasteiger partial charge in [0.25, 0.3) is 0 Å². The third-order valence-electron chi connectivity index (χ3n) is 3.28. The monoisotopic (exact) mass is 329 g/mol. The van der Waals surface area contributed by atoms with Gasteiger partial charge in [0.15, 0.2) is 0 Å². The Morgan fingerprint density at radius 3 is 2.30 bits per heavy atom. The van der Waals surface area contributed by atoms with Gasteiger partial charge in [-0.2, -0.15) is 0 Å². The molecule has 0 bridgehead atoms. The van der Waals surface area contributed by atoms with Crippen molar-refractivity contribution in [1.82, 2.24) is 5.32 Å². The molecule has 4 N–H and O–H groups in total. The molecule has 0 heterocycles. The molecular formula is C17H19N3O2S. The Bertz CT molecular complexity index is 659. The van der Waals surface area contributed by atoms with Gasteiger partial charge in [0.2, 0.25) is 5.91 Å². The molecule has 0 radical (unpaired) electrons. The number of amides is 3. The molecule has 0 aliphatic rings. The van der Waals surface area contributed by atoms with E-state index in [0.717, 1.165) is 16.1 Å². The molecule has 0 aliphatic carbocycles. The second-order valence-electron chi connectivity index (χ2n) is 4.95. The molecule has 0 fully saturated rings. The first-order chi connectivity index (χ1) is 11.1. The molecule has 23 heavy (non-hydrogen) atoms. The van der Waals surface area contributed by atoms with Gasteiger partial charge < -0.3 is 16.4 Å².